The molecule has 0 rings (SSSR count). The minimum Gasteiger partial charge on any atom is -0.462 e. The van der Waals surface area contributed by atoms with Crippen LogP contribution in [0.1, 0.15) is 311 Å². The maximum absolute atomic E-state index is 13.0. The van der Waals surface area contributed by atoms with Crippen LogP contribution in [0.15, 0.2) is 0 Å². The van der Waals surface area contributed by atoms with Crippen LogP contribution in [0.5, 0.6) is 0 Å². The Morgan fingerprint density at radius 3 is 0.927 bits per heavy atom. The zero-order valence-electron chi connectivity index (χ0n) is 52.8. The molecule has 486 valence electrons. The molecule has 0 bridgehead atoms. The SMILES string of the molecule is CCCCCCCCCCCCCC(=O)OC[C@H](COP(=O)(O)OC[C@@H](O)COP(=O)(O)OC[C@@H](COC(=O)CCCCCCCCC)OC(=O)CCCCCCCCC(C)CC)OC(=O)CCCCCCCCCCCCCC(C)C. The number of aliphatic hydroxyl groups excluding tert-OH is 1. The lowest BCUT2D eigenvalue weighted by molar-refractivity contribution is -0.161. The first-order valence-corrected chi connectivity index (χ1v) is 36.0. The molecule has 0 amide bonds. The van der Waals surface area contributed by atoms with Gasteiger partial charge in [0.15, 0.2) is 12.2 Å². The molecule has 3 unspecified atom stereocenters. The van der Waals surface area contributed by atoms with E-state index in [1.165, 1.54) is 116 Å². The van der Waals surface area contributed by atoms with Gasteiger partial charge in [0.1, 0.15) is 19.3 Å². The highest BCUT2D eigenvalue weighted by atomic mass is 31.2. The Morgan fingerprint density at radius 1 is 0.354 bits per heavy atom. The molecule has 0 aliphatic carbocycles. The number of unbranched alkanes of at least 4 members (excludes halogenated alkanes) is 31. The van der Waals surface area contributed by atoms with Crippen molar-refractivity contribution in [3.05, 3.63) is 0 Å². The van der Waals surface area contributed by atoms with Crippen molar-refractivity contribution in [2.24, 2.45) is 11.8 Å². The van der Waals surface area contributed by atoms with E-state index in [1.807, 2.05) is 0 Å². The summed E-state index contributed by atoms with van der Waals surface area (Å²) in [6.45, 7) is 9.40. The Hall–Kier alpha value is -1.94. The van der Waals surface area contributed by atoms with Crippen molar-refractivity contribution >= 4 is 39.5 Å². The Labute approximate surface area is 498 Å². The number of hydrogen-bond acceptors (Lipinski definition) is 15. The number of phosphoric acid groups is 2. The van der Waals surface area contributed by atoms with Gasteiger partial charge in [-0.25, -0.2) is 9.13 Å². The van der Waals surface area contributed by atoms with Crippen LogP contribution in [0.4, 0.5) is 0 Å². The Kier molecular flexibility index (Phi) is 54.3. The summed E-state index contributed by atoms with van der Waals surface area (Å²) in [6.07, 6.45) is 37.6. The molecule has 0 radical (unpaired) electrons. The van der Waals surface area contributed by atoms with Gasteiger partial charge < -0.3 is 33.8 Å². The van der Waals surface area contributed by atoms with Crippen molar-refractivity contribution in [1.29, 1.82) is 0 Å². The zero-order chi connectivity index (χ0) is 60.8. The lowest BCUT2D eigenvalue weighted by atomic mass is 10.00. The van der Waals surface area contributed by atoms with E-state index in [4.69, 9.17) is 37.0 Å². The number of aliphatic hydroxyl groups is 1. The van der Waals surface area contributed by atoms with Crippen molar-refractivity contribution in [1.82, 2.24) is 0 Å². The summed E-state index contributed by atoms with van der Waals surface area (Å²) in [7, 11) is -9.88. The molecule has 6 atom stereocenters. The molecular formula is C63H122O17P2. The first kappa shape index (κ1) is 80.1. The van der Waals surface area contributed by atoms with Crippen LogP contribution in [-0.2, 0) is 65.4 Å². The van der Waals surface area contributed by atoms with E-state index in [-0.39, 0.29) is 25.7 Å². The number of ether oxygens (including phenoxy) is 4. The summed E-state index contributed by atoms with van der Waals surface area (Å²) < 4.78 is 67.9. The van der Waals surface area contributed by atoms with Gasteiger partial charge in [-0.3, -0.25) is 37.3 Å². The predicted molar refractivity (Wildman–Crippen MR) is 326 cm³/mol. The highest BCUT2D eigenvalue weighted by molar-refractivity contribution is 7.47. The third kappa shape index (κ3) is 55.9. The minimum atomic E-state index is -4.94. The molecule has 0 aromatic rings. The Bertz CT molecular complexity index is 1620. The van der Waals surface area contributed by atoms with E-state index in [0.29, 0.717) is 25.7 Å². The first-order valence-electron chi connectivity index (χ1n) is 33.0. The largest absolute Gasteiger partial charge is 0.472 e. The van der Waals surface area contributed by atoms with Crippen molar-refractivity contribution in [3.63, 3.8) is 0 Å². The summed E-state index contributed by atoms with van der Waals surface area (Å²) in [4.78, 5) is 72.1. The molecule has 0 heterocycles. The van der Waals surface area contributed by atoms with Crippen LogP contribution >= 0.6 is 15.6 Å². The molecular weight excluding hydrogens is 1090 g/mol. The molecule has 19 heteroatoms. The van der Waals surface area contributed by atoms with Gasteiger partial charge in [0.05, 0.1) is 26.4 Å². The topological polar surface area (TPSA) is 237 Å². The molecule has 3 N–H and O–H groups in total. The van der Waals surface area contributed by atoms with Gasteiger partial charge in [0.25, 0.3) is 0 Å². The van der Waals surface area contributed by atoms with Crippen molar-refractivity contribution in [2.45, 2.75) is 330 Å². The lowest BCUT2D eigenvalue weighted by Crippen LogP contribution is -2.30. The van der Waals surface area contributed by atoms with Gasteiger partial charge in [0.2, 0.25) is 0 Å². The van der Waals surface area contributed by atoms with Crippen molar-refractivity contribution in [3.8, 4) is 0 Å². The van der Waals surface area contributed by atoms with Gasteiger partial charge in [0, 0.05) is 25.7 Å². The normalized spacial score (nSPS) is 14.7. The van der Waals surface area contributed by atoms with E-state index in [0.717, 1.165) is 115 Å². The Balaban J connectivity index is 5.22. The standard InChI is InChI=1S/C63H122O17P2/c1-7-10-12-14-16-17-19-23-27-34-40-46-61(66)74-52-58(79-62(67)47-41-35-28-24-21-18-20-22-26-31-37-43-55(4)5)53-77-81(69,70)75-49-57(64)50-76-82(71,72)78-54-59(51-73-60(65)45-39-33-25-15-13-11-8-2)80-63(68)48-42-36-30-29-32-38-44-56(6)9-3/h55-59,64H,7-54H2,1-6H3,(H,69,70)(H,71,72)/t56?,57-,58-,59-/m1/s1. The van der Waals surface area contributed by atoms with E-state index < -0.39 is 97.5 Å². The molecule has 0 aliphatic heterocycles. The summed E-state index contributed by atoms with van der Waals surface area (Å²) in [5, 5.41) is 10.5. The molecule has 0 aromatic carbocycles. The molecule has 17 nitrogen and oxygen atoms in total. The smallest absolute Gasteiger partial charge is 0.462 e. The maximum Gasteiger partial charge on any atom is 0.472 e. The molecule has 0 aliphatic rings. The summed E-state index contributed by atoms with van der Waals surface area (Å²) in [6, 6.07) is 0. The second-order valence-electron chi connectivity index (χ2n) is 23.5. The monoisotopic (exact) mass is 1210 g/mol. The molecule has 0 fully saturated rings. The number of phosphoric ester groups is 2. The molecule has 0 saturated carbocycles. The van der Waals surface area contributed by atoms with E-state index >= 15 is 0 Å². The Morgan fingerprint density at radius 2 is 0.622 bits per heavy atom. The third-order valence-electron chi connectivity index (χ3n) is 14.8. The lowest BCUT2D eigenvalue weighted by Gasteiger charge is -2.21. The third-order valence-corrected chi connectivity index (χ3v) is 16.7. The maximum atomic E-state index is 13.0. The second-order valence-corrected chi connectivity index (χ2v) is 26.4. The van der Waals surface area contributed by atoms with Crippen LogP contribution in [0, 0.1) is 11.8 Å². The van der Waals surface area contributed by atoms with Gasteiger partial charge in [-0.15, -0.1) is 0 Å². The number of carbonyl (C=O) groups is 4. The van der Waals surface area contributed by atoms with Gasteiger partial charge in [-0.05, 0) is 37.5 Å². The van der Waals surface area contributed by atoms with Crippen molar-refractivity contribution < 1.29 is 80.2 Å². The van der Waals surface area contributed by atoms with E-state index in [9.17, 15) is 43.2 Å². The molecule has 82 heavy (non-hydrogen) atoms. The fourth-order valence-electron chi connectivity index (χ4n) is 9.32. The minimum absolute atomic E-state index is 0.102. The number of rotatable bonds is 62. The fourth-order valence-corrected chi connectivity index (χ4v) is 10.9. The summed E-state index contributed by atoms with van der Waals surface area (Å²) in [5.74, 6) is -0.655. The van der Waals surface area contributed by atoms with E-state index in [1.54, 1.807) is 0 Å². The summed E-state index contributed by atoms with van der Waals surface area (Å²) >= 11 is 0. The van der Waals surface area contributed by atoms with Crippen LogP contribution < -0.4 is 0 Å². The molecule has 0 saturated heterocycles. The molecule has 0 spiro atoms. The van der Waals surface area contributed by atoms with E-state index in [2.05, 4.69) is 41.5 Å². The summed E-state index contributed by atoms with van der Waals surface area (Å²) in [5.41, 5.74) is 0. The van der Waals surface area contributed by atoms with Crippen LogP contribution in [0.3, 0.4) is 0 Å². The second kappa shape index (κ2) is 55.6. The number of carbonyl (C=O) groups excluding carboxylic acids is 4. The van der Waals surface area contributed by atoms with Gasteiger partial charge >= 0.3 is 39.5 Å². The van der Waals surface area contributed by atoms with Crippen LogP contribution in [0.25, 0.3) is 0 Å². The first-order chi connectivity index (χ1) is 39.4. The van der Waals surface area contributed by atoms with Gasteiger partial charge in [-0.1, -0.05) is 260 Å². The van der Waals surface area contributed by atoms with Crippen LogP contribution in [0.2, 0.25) is 0 Å². The highest BCUT2D eigenvalue weighted by Crippen LogP contribution is 2.45. The van der Waals surface area contributed by atoms with Crippen molar-refractivity contribution in [2.75, 3.05) is 39.6 Å². The average molecular weight is 1210 g/mol. The quantitative estimate of drug-likeness (QED) is 0.0222. The average Bonchev–Trinajstić information content (AvgIpc) is 3.44. The predicted octanol–water partition coefficient (Wildman–Crippen LogP) is 17.3. The molecule has 0 aromatic heterocycles. The number of hydrogen-bond donors (Lipinski definition) is 3. The highest BCUT2D eigenvalue weighted by Gasteiger charge is 2.30. The number of esters is 4. The zero-order valence-corrected chi connectivity index (χ0v) is 54.6. The van der Waals surface area contributed by atoms with Crippen LogP contribution in [-0.4, -0.2) is 96.7 Å². The fraction of sp³-hybridized carbons (Fsp3) is 0.937. The van der Waals surface area contributed by atoms with Gasteiger partial charge in [-0.2, -0.15) is 0 Å².